The topological polar surface area (TPSA) is 60.0 Å². The van der Waals surface area contributed by atoms with Gasteiger partial charge in [0, 0.05) is 25.2 Å². The first-order valence-corrected chi connectivity index (χ1v) is 9.45. The molecule has 0 spiro atoms. The van der Waals surface area contributed by atoms with Crippen LogP contribution in [0.15, 0.2) is 30.3 Å². The average molecular weight is 384 g/mol. The van der Waals surface area contributed by atoms with Gasteiger partial charge in [-0.25, -0.2) is 4.79 Å². The standard InChI is InChI=1S/C22H28N2O4/c1-14(2)16-8-6-7-15-13-24(10-9-17(15)16)22(25)23-18-11-20(27-4)21(28-5)12-19(18)26-3/h6-8,11-12,14H,9-10,13H2,1-5H3,(H,23,25). The molecule has 0 aliphatic carbocycles. The second kappa shape index (κ2) is 8.42. The van der Waals surface area contributed by atoms with Gasteiger partial charge in [-0.3, -0.25) is 0 Å². The van der Waals surface area contributed by atoms with Crippen molar-refractivity contribution in [1.82, 2.24) is 4.90 Å². The minimum Gasteiger partial charge on any atom is -0.494 e. The predicted octanol–water partition coefficient (Wildman–Crippen LogP) is 4.43. The van der Waals surface area contributed by atoms with Crippen molar-refractivity contribution in [3.05, 3.63) is 47.0 Å². The Morgan fingerprint density at radius 1 is 1.04 bits per heavy atom. The molecular weight excluding hydrogens is 356 g/mol. The van der Waals surface area contributed by atoms with Crippen molar-refractivity contribution >= 4 is 11.7 Å². The van der Waals surface area contributed by atoms with Gasteiger partial charge in [-0.2, -0.15) is 0 Å². The molecule has 0 atom stereocenters. The zero-order chi connectivity index (χ0) is 20.3. The minimum absolute atomic E-state index is 0.161. The number of nitrogens with zero attached hydrogens (tertiary/aromatic N) is 1. The number of hydrogen-bond donors (Lipinski definition) is 1. The molecule has 0 aromatic heterocycles. The van der Waals surface area contributed by atoms with E-state index in [0.29, 0.717) is 41.9 Å². The van der Waals surface area contributed by atoms with E-state index in [4.69, 9.17) is 14.2 Å². The van der Waals surface area contributed by atoms with Gasteiger partial charge in [-0.15, -0.1) is 0 Å². The summed E-state index contributed by atoms with van der Waals surface area (Å²) < 4.78 is 16.0. The van der Waals surface area contributed by atoms with Crippen molar-refractivity contribution in [2.75, 3.05) is 33.2 Å². The Morgan fingerprint density at radius 3 is 2.36 bits per heavy atom. The van der Waals surface area contributed by atoms with Crippen LogP contribution in [0.5, 0.6) is 17.2 Å². The van der Waals surface area contributed by atoms with Gasteiger partial charge in [0.2, 0.25) is 0 Å². The van der Waals surface area contributed by atoms with Crippen LogP contribution in [0.2, 0.25) is 0 Å². The molecule has 1 aliphatic heterocycles. The molecule has 0 fully saturated rings. The summed E-state index contributed by atoms with van der Waals surface area (Å²) >= 11 is 0. The van der Waals surface area contributed by atoms with Gasteiger partial charge < -0.3 is 24.4 Å². The van der Waals surface area contributed by atoms with Crippen LogP contribution < -0.4 is 19.5 Å². The Hall–Kier alpha value is -2.89. The first-order valence-electron chi connectivity index (χ1n) is 9.45. The lowest BCUT2D eigenvalue weighted by Crippen LogP contribution is -2.39. The number of nitrogens with one attached hydrogen (secondary N) is 1. The number of carbonyl (C=O) groups is 1. The molecule has 150 valence electrons. The van der Waals surface area contributed by atoms with Crippen molar-refractivity contribution in [3.8, 4) is 17.2 Å². The van der Waals surface area contributed by atoms with E-state index in [1.165, 1.54) is 16.7 Å². The Labute approximate surface area is 166 Å². The quantitative estimate of drug-likeness (QED) is 0.829. The molecule has 0 saturated carbocycles. The lowest BCUT2D eigenvalue weighted by molar-refractivity contribution is 0.206. The van der Waals surface area contributed by atoms with Gasteiger partial charge in [-0.1, -0.05) is 32.0 Å². The van der Waals surface area contributed by atoms with E-state index in [-0.39, 0.29) is 6.03 Å². The van der Waals surface area contributed by atoms with Crippen molar-refractivity contribution < 1.29 is 19.0 Å². The number of benzene rings is 2. The monoisotopic (exact) mass is 384 g/mol. The smallest absolute Gasteiger partial charge is 0.322 e. The highest BCUT2D eigenvalue weighted by atomic mass is 16.5. The highest BCUT2D eigenvalue weighted by Gasteiger charge is 2.24. The predicted molar refractivity (Wildman–Crippen MR) is 110 cm³/mol. The maximum absolute atomic E-state index is 12.9. The summed E-state index contributed by atoms with van der Waals surface area (Å²) in [6, 6.07) is 9.63. The van der Waals surface area contributed by atoms with E-state index in [1.807, 2.05) is 4.90 Å². The lowest BCUT2D eigenvalue weighted by atomic mass is 9.89. The Morgan fingerprint density at radius 2 is 1.71 bits per heavy atom. The van der Waals surface area contributed by atoms with E-state index < -0.39 is 0 Å². The first kappa shape index (κ1) is 19.9. The van der Waals surface area contributed by atoms with Crippen LogP contribution in [0, 0.1) is 0 Å². The third-order valence-electron chi connectivity index (χ3n) is 5.16. The average Bonchev–Trinajstić information content (AvgIpc) is 2.72. The van der Waals surface area contributed by atoms with E-state index in [0.717, 1.165) is 6.42 Å². The number of anilines is 1. The summed E-state index contributed by atoms with van der Waals surface area (Å²) in [6.45, 7) is 5.69. The van der Waals surface area contributed by atoms with Crippen LogP contribution >= 0.6 is 0 Å². The molecule has 0 radical (unpaired) electrons. The summed E-state index contributed by atoms with van der Waals surface area (Å²) in [5.41, 5.74) is 4.52. The van der Waals surface area contributed by atoms with Gasteiger partial charge >= 0.3 is 6.03 Å². The zero-order valence-corrected chi connectivity index (χ0v) is 17.2. The van der Waals surface area contributed by atoms with Gasteiger partial charge in [0.1, 0.15) is 5.75 Å². The fourth-order valence-electron chi connectivity index (χ4n) is 3.67. The second-order valence-corrected chi connectivity index (χ2v) is 7.15. The van der Waals surface area contributed by atoms with Crippen LogP contribution in [0.1, 0.15) is 36.5 Å². The maximum atomic E-state index is 12.9. The zero-order valence-electron chi connectivity index (χ0n) is 17.2. The van der Waals surface area contributed by atoms with Crippen LogP contribution in [-0.2, 0) is 13.0 Å². The summed E-state index contributed by atoms with van der Waals surface area (Å²) in [4.78, 5) is 14.7. The molecule has 3 rings (SSSR count). The van der Waals surface area contributed by atoms with Crippen LogP contribution in [0.4, 0.5) is 10.5 Å². The number of ether oxygens (including phenoxy) is 3. The van der Waals surface area contributed by atoms with Gasteiger partial charge in [0.05, 0.1) is 27.0 Å². The highest BCUT2D eigenvalue weighted by Crippen LogP contribution is 2.38. The van der Waals surface area contributed by atoms with Crippen molar-refractivity contribution in [2.45, 2.75) is 32.7 Å². The number of fused-ring (bicyclic) bond motifs is 1. The van der Waals surface area contributed by atoms with E-state index >= 15 is 0 Å². The number of amides is 2. The second-order valence-electron chi connectivity index (χ2n) is 7.15. The molecule has 6 nitrogen and oxygen atoms in total. The fourth-order valence-corrected chi connectivity index (χ4v) is 3.67. The molecule has 28 heavy (non-hydrogen) atoms. The number of hydrogen-bond acceptors (Lipinski definition) is 4. The number of carbonyl (C=O) groups excluding carboxylic acids is 1. The molecule has 2 aromatic carbocycles. The summed E-state index contributed by atoms with van der Waals surface area (Å²) in [5.74, 6) is 2.08. The largest absolute Gasteiger partial charge is 0.494 e. The third-order valence-corrected chi connectivity index (χ3v) is 5.16. The summed E-state index contributed by atoms with van der Waals surface area (Å²) in [7, 11) is 4.68. The molecule has 1 aliphatic rings. The maximum Gasteiger partial charge on any atom is 0.322 e. The van der Waals surface area contributed by atoms with E-state index in [1.54, 1.807) is 33.5 Å². The van der Waals surface area contributed by atoms with E-state index in [9.17, 15) is 4.79 Å². The molecule has 1 heterocycles. The van der Waals surface area contributed by atoms with Crippen molar-refractivity contribution in [1.29, 1.82) is 0 Å². The van der Waals surface area contributed by atoms with Crippen LogP contribution in [0.3, 0.4) is 0 Å². The fraction of sp³-hybridized carbons (Fsp3) is 0.409. The SMILES string of the molecule is COc1cc(OC)c(OC)cc1NC(=O)N1CCc2c(cccc2C(C)C)C1. The molecule has 2 aromatic rings. The molecule has 0 saturated heterocycles. The van der Waals surface area contributed by atoms with Gasteiger partial charge in [0.15, 0.2) is 11.5 Å². The molecule has 2 amide bonds. The molecule has 6 heteroatoms. The van der Waals surface area contributed by atoms with Crippen molar-refractivity contribution in [2.24, 2.45) is 0 Å². The Kier molecular flexibility index (Phi) is 5.97. The number of rotatable bonds is 5. The summed E-state index contributed by atoms with van der Waals surface area (Å²) in [6.07, 6.45) is 0.861. The molecular formula is C22H28N2O4. The number of urea groups is 1. The third kappa shape index (κ3) is 3.86. The van der Waals surface area contributed by atoms with Crippen LogP contribution in [-0.4, -0.2) is 38.8 Å². The van der Waals surface area contributed by atoms with Crippen LogP contribution in [0.25, 0.3) is 0 Å². The molecule has 1 N–H and O–H groups in total. The molecule has 0 unspecified atom stereocenters. The lowest BCUT2D eigenvalue weighted by Gasteiger charge is -2.31. The highest BCUT2D eigenvalue weighted by molar-refractivity contribution is 5.91. The van der Waals surface area contributed by atoms with Gasteiger partial charge in [-0.05, 0) is 29.0 Å². The Balaban J connectivity index is 1.80. The van der Waals surface area contributed by atoms with Gasteiger partial charge in [0.25, 0.3) is 0 Å². The van der Waals surface area contributed by atoms with E-state index in [2.05, 4.69) is 37.4 Å². The first-order chi connectivity index (χ1) is 13.5. The minimum atomic E-state index is -0.161. The van der Waals surface area contributed by atoms with Crippen molar-refractivity contribution in [3.63, 3.8) is 0 Å². The summed E-state index contributed by atoms with van der Waals surface area (Å²) in [5, 5.41) is 2.95. The normalized spacial score (nSPS) is 13.1. The number of methoxy groups -OCH3 is 3. The molecule has 0 bridgehead atoms. The Bertz CT molecular complexity index is 864.